The zero-order valence-corrected chi connectivity index (χ0v) is 5.30. The molecule has 0 atom stereocenters. The number of carbonyl (C=O) groups excluding carboxylic acids is 1. The Morgan fingerprint density at radius 2 is 2.44 bits per heavy atom. The van der Waals surface area contributed by atoms with Crippen molar-refractivity contribution in [1.29, 1.82) is 0 Å². The van der Waals surface area contributed by atoms with Crippen LogP contribution in [0.4, 0.5) is 0 Å². The Bertz CT molecular complexity index is 91.1. The molecule has 0 amide bonds. The molecule has 1 aliphatic heterocycles. The smallest absolute Gasteiger partial charge is 0.293 e. The van der Waals surface area contributed by atoms with Crippen LogP contribution in [0.3, 0.4) is 0 Å². The van der Waals surface area contributed by atoms with E-state index >= 15 is 0 Å². The number of hydrogen-bond acceptors (Lipinski definition) is 3. The Labute approximate surface area is 54.4 Å². The molecule has 3 nitrogen and oxygen atoms in total. The first-order valence-corrected chi connectivity index (χ1v) is 3.19. The SMILES string of the molecule is O=COCCC1CNC1. The van der Waals surface area contributed by atoms with Crippen molar-refractivity contribution in [2.24, 2.45) is 5.92 Å². The minimum Gasteiger partial charge on any atom is -0.468 e. The van der Waals surface area contributed by atoms with E-state index in [1.54, 1.807) is 0 Å². The largest absolute Gasteiger partial charge is 0.468 e. The van der Waals surface area contributed by atoms with E-state index in [0.29, 0.717) is 13.1 Å². The second-order valence-corrected chi connectivity index (χ2v) is 2.28. The number of ether oxygens (including phenoxy) is 1. The zero-order chi connectivity index (χ0) is 6.53. The van der Waals surface area contributed by atoms with Crippen LogP contribution in [0.2, 0.25) is 0 Å². The molecule has 0 radical (unpaired) electrons. The van der Waals surface area contributed by atoms with Crippen molar-refractivity contribution in [3.63, 3.8) is 0 Å². The summed E-state index contributed by atoms with van der Waals surface area (Å²) in [5.74, 6) is 0.741. The number of carbonyl (C=O) groups is 1. The summed E-state index contributed by atoms with van der Waals surface area (Å²) in [5, 5.41) is 3.14. The number of hydrogen-bond donors (Lipinski definition) is 1. The van der Waals surface area contributed by atoms with Gasteiger partial charge in [-0.2, -0.15) is 0 Å². The fourth-order valence-electron chi connectivity index (χ4n) is 0.835. The maximum absolute atomic E-state index is 9.65. The highest BCUT2D eigenvalue weighted by molar-refractivity contribution is 5.36. The van der Waals surface area contributed by atoms with Gasteiger partial charge in [0.1, 0.15) is 0 Å². The van der Waals surface area contributed by atoms with Gasteiger partial charge in [0, 0.05) is 0 Å². The summed E-state index contributed by atoms with van der Waals surface area (Å²) >= 11 is 0. The Hall–Kier alpha value is -0.570. The summed E-state index contributed by atoms with van der Waals surface area (Å²) in [4.78, 5) is 9.65. The lowest BCUT2D eigenvalue weighted by molar-refractivity contribution is -0.129. The average molecular weight is 129 g/mol. The van der Waals surface area contributed by atoms with Gasteiger partial charge in [-0.1, -0.05) is 0 Å². The molecule has 1 heterocycles. The first kappa shape index (κ1) is 6.55. The lowest BCUT2D eigenvalue weighted by atomic mass is 10.0. The van der Waals surface area contributed by atoms with Crippen molar-refractivity contribution in [2.45, 2.75) is 6.42 Å². The van der Waals surface area contributed by atoms with E-state index in [4.69, 9.17) is 0 Å². The van der Waals surface area contributed by atoms with Crippen LogP contribution in [-0.4, -0.2) is 26.2 Å². The van der Waals surface area contributed by atoms with E-state index in [2.05, 4.69) is 10.1 Å². The molecule has 0 aromatic rings. The summed E-state index contributed by atoms with van der Waals surface area (Å²) in [5.41, 5.74) is 0. The lowest BCUT2D eigenvalue weighted by Crippen LogP contribution is -2.42. The highest BCUT2D eigenvalue weighted by Crippen LogP contribution is 2.06. The van der Waals surface area contributed by atoms with E-state index in [9.17, 15) is 4.79 Å². The van der Waals surface area contributed by atoms with Crippen LogP contribution in [0.1, 0.15) is 6.42 Å². The molecule has 0 aromatic carbocycles. The van der Waals surface area contributed by atoms with Crippen LogP contribution < -0.4 is 5.32 Å². The predicted molar refractivity (Wildman–Crippen MR) is 33.0 cm³/mol. The number of nitrogens with one attached hydrogen (secondary N) is 1. The average Bonchev–Trinajstić information content (AvgIpc) is 1.76. The minimum absolute atomic E-state index is 0.506. The van der Waals surface area contributed by atoms with Crippen molar-refractivity contribution < 1.29 is 9.53 Å². The van der Waals surface area contributed by atoms with E-state index in [1.807, 2.05) is 0 Å². The van der Waals surface area contributed by atoms with Crippen molar-refractivity contribution in [3.8, 4) is 0 Å². The maximum atomic E-state index is 9.65. The van der Waals surface area contributed by atoms with Crippen molar-refractivity contribution >= 4 is 6.47 Å². The molecule has 0 saturated carbocycles. The molecule has 1 N–H and O–H groups in total. The van der Waals surface area contributed by atoms with Crippen LogP contribution in [-0.2, 0) is 9.53 Å². The van der Waals surface area contributed by atoms with Crippen LogP contribution in [0.15, 0.2) is 0 Å². The second-order valence-electron chi connectivity index (χ2n) is 2.28. The molecule has 9 heavy (non-hydrogen) atoms. The summed E-state index contributed by atoms with van der Waals surface area (Å²) < 4.78 is 4.53. The van der Waals surface area contributed by atoms with Gasteiger partial charge in [-0.3, -0.25) is 4.79 Å². The van der Waals surface area contributed by atoms with Gasteiger partial charge in [0.05, 0.1) is 6.61 Å². The molecule has 0 spiro atoms. The second kappa shape index (κ2) is 3.45. The zero-order valence-electron chi connectivity index (χ0n) is 5.30. The number of rotatable bonds is 4. The van der Waals surface area contributed by atoms with Gasteiger partial charge in [0.15, 0.2) is 0 Å². The molecule has 0 unspecified atom stereocenters. The first-order chi connectivity index (χ1) is 4.43. The predicted octanol–water partition coefficient (Wildman–Crippen LogP) is -0.231. The van der Waals surface area contributed by atoms with Gasteiger partial charge < -0.3 is 10.1 Å². The topological polar surface area (TPSA) is 38.3 Å². The molecule has 0 aliphatic carbocycles. The van der Waals surface area contributed by atoms with E-state index < -0.39 is 0 Å². The fourth-order valence-corrected chi connectivity index (χ4v) is 0.835. The Morgan fingerprint density at radius 1 is 1.67 bits per heavy atom. The van der Waals surface area contributed by atoms with Crippen molar-refractivity contribution in [3.05, 3.63) is 0 Å². The van der Waals surface area contributed by atoms with E-state index in [1.165, 1.54) is 0 Å². The normalized spacial score (nSPS) is 18.7. The molecule has 1 rings (SSSR count). The van der Waals surface area contributed by atoms with Crippen LogP contribution in [0.25, 0.3) is 0 Å². The third-order valence-corrected chi connectivity index (χ3v) is 1.58. The summed E-state index contributed by atoms with van der Waals surface area (Å²) in [6, 6.07) is 0. The van der Waals surface area contributed by atoms with E-state index in [-0.39, 0.29) is 0 Å². The van der Waals surface area contributed by atoms with Crippen LogP contribution in [0, 0.1) is 5.92 Å². The molecule has 1 saturated heterocycles. The van der Waals surface area contributed by atoms with Gasteiger partial charge in [-0.25, -0.2) is 0 Å². The highest BCUT2D eigenvalue weighted by atomic mass is 16.5. The highest BCUT2D eigenvalue weighted by Gasteiger charge is 2.15. The summed E-state index contributed by atoms with van der Waals surface area (Å²) in [6.07, 6.45) is 1.01. The Balaban J connectivity index is 1.85. The standard InChI is InChI=1S/C6H11NO2/c8-5-9-2-1-6-3-7-4-6/h5-7H,1-4H2. The summed E-state index contributed by atoms with van der Waals surface area (Å²) in [7, 11) is 0. The molecule has 0 aromatic heterocycles. The Kier molecular flexibility index (Phi) is 2.51. The monoisotopic (exact) mass is 129 g/mol. The van der Waals surface area contributed by atoms with Gasteiger partial charge in [-0.15, -0.1) is 0 Å². The van der Waals surface area contributed by atoms with Gasteiger partial charge >= 0.3 is 0 Å². The maximum Gasteiger partial charge on any atom is 0.293 e. The molecule has 1 fully saturated rings. The van der Waals surface area contributed by atoms with E-state index in [0.717, 1.165) is 25.4 Å². The molecule has 0 bridgehead atoms. The molecule has 52 valence electrons. The molecular weight excluding hydrogens is 118 g/mol. The van der Waals surface area contributed by atoms with Gasteiger partial charge in [0.25, 0.3) is 6.47 Å². The lowest BCUT2D eigenvalue weighted by Gasteiger charge is -2.26. The third-order valence-electron chi connectivity index (χ3n) is 1.58. The molecule has 1 aliphatic rings. The fraction of sp³-hybridized carbons (Fsp3) is 0.833. The molecule has 3 heteroatoms. The van der Waals surface area contributed by atoms with Gasteiger partial charge in [0.2, 0.25) is 0 Å². The summed E-state index contributed by atoms with van der Waals surface area (Å²) in [6.45, 7) is 3.26. The van der Waals surface area contributed by atoms with Crippen molar-refractivity contribution in [2.75, 3.05) is 19.7 Å². The van der Waals surface area contributed by atoms with Crippen molar-refractivity contribution in [1.82, 2.24) is 5.32 Å². The molecular formula is C6H11NO2. The van der Waals surface area contributed by atoms with Crippen LogP contribution >= 0.6 is 0 Å². The first-order valence-electron chi connectivity index (χ1n) is 3.19. The quantitative estimate of drug-likeness (QED) is 0.421. The van der Waals surface area contributed by atoms with Gasteiger partial charge in [-0.05, 0) is 25.4 Å². The van der Waals surface area contributed by atoms with Crippen LogP contribution in [0.5, 0.6) is 0 Å². The minimum atomic E-state index is 0.506. The Morgan fingerprint density at radius 3 is 2.89 bits per heavy atom. The third kappa shape index (κ3) is 2.01.